The number of fused-ring (bicyclic) bond motifs is 1. The predicted octanol–water partition coefficient (Wildman–Crippen LogP) is 1.72. The first-order chi connectivity index (χ1) is 10.1. The molecule has 2 atom stereocenters. The molecule has 0 bridgehead atoms. The van der Waals surface area contributed by atoms with E-state index in [9.17, 15) is 4.79 Å². The molecule has 1 amide bonds. The minimum atomic E-state index is -0.363. The van der Waals surface area contributed by atoms with Crippen LogP contribution in [0, 0.1) is 19.8 Å². The summed E-state index contributed by atoms with van der Waals surface area (Å²) in [5.74, 6) is 1.45. The van der Waals surface area contributed by atoms with Crippen molar-refractivity contribution in [2.45, 2.75) is 39.2 Å². The van der Waals surface area contributed by atoms with E-state index in [1.165, 1.54) is 24.0 Å². The van der Waals surface area contributed by atoms with Gasteiger partial charge in [0.15, 0.2) is 6.10 Å². The van der Waals surface area contributed by atoms with E-state index < -0.39 is 0 Å². The maximum absolute atomic E-state index is 12.3. The van der Waals surface area contributed by atoms with Gasteiger partial charge in [-0.25, -0.2) is 0 Å². The average molecular weight is 288 g/mol. The fourth-order valence-corrected chi connectivity index (χ4v) is 3.12. The van der Waals surface area contributed by atoms with Crippen molar-refractivity contribution in [3.8, 4) is 5.75 Å². The van der Waals surface area contributed by atoms with Crippen molar-refractivity contribution in [3.63, 3.8) is 0 Å². The van der Waals surface area contributed by atoms with Crippen molar-refractivity contribution >= 4 is 5.91 Å². The minimum Gasteiger partial charge on any atom is -0.480 e. The lowest BCUT2D eigenvalue weighted by Crippen LogP contribution is -2.43. The fraction of sp³-hybridized carbons (Fsp3) is 0.588. The molecule has 2 aliphatic heterocycles. The normalized spacial score (nSPS) is 24.3. The molecule has 1 fully saturated rings. The van der Waals surface area contributed by atoms with E-state index in [-0.39, 0.29) is 12.0 Å². The number of carbonyl (C=O) groups excluding carboxylic acids is 1. The molecule has 2 aliphatic rings. The number of aryl methyl sites for hydroxylation is 2. The summed E-state index contributed by atoms with van der Waals surface area (Å²) < 4.78 is 5.82. The fourth-order valence-electron chi connectivity index (χ4n) is 3.12. The molecule has 0 aliphatic carbocycles. The van der Waals surface area contributed by atoms with Crippen LogP contribution in [-0.4, -0.2) is 31.6 Å². The molecule has 1 aromatic rings. The summed E-state index contributed by atoms with van der Waals surface area (Å²) in [6, 6.07) is 4.19. The number of ether oxygens (including phenoxy) is 1. The van der Waals surface area contributed by atoms with Gasteiger partial charge < -0.3 is 15.4 Å². The van der Waals surface area contributed by atoms with Crippen molar-refractivity contribution in [2.75, 3.05) is 19.6 Å². The number of amides is 1. The zero-order valence-corrected chi connectivity index (χ0v) is 12.9. The molecule has 2 heterocycles. The molecular formula is C17H24N2O2. The lowest BCUT2D eigenvalue weighted by molar-refractivity contribution is -0.127. The van der Waals surface area contributed by atoms with Gasteiger partial charge >= 0.3 is 0 Å². The summed E-state index contributed by atoms with van der Waals surface area (Å²) in [5, 5.41) is 6.43. The monoisotopic (exact) mass is 288 g/mol. The Bertz CT molecular complexity index is 505. The zero-order valence-electron chi connectivity index (χ0n) is 12.9. The summed E-state index contributed by atoms with van der Waals surface area (Å²) in [7, 11) is 0. The highest BCUT2D eigenvalue weighted by Crippen LogP contribution is 2.31. The standard InChI is InChI=1S/C17H24N2O2/c1-11-6-14-8-16(21-15(14)7-12(11)2)17(20)19-10-13-4-3-5-18-9-13/h6-7,13,16,18H,3-5,8-10H2,1-2H3,(H,19,20). The van der Waals surface area contributed by atoms with Crippen molar-refractivity contribution in [1.82, 2.24) is 10.6 Å². The SMILES string of the molecule is Cc1cc2c(cc1C)OC(C(=O)NCC1CCCNC1)C2. The Morgan fingerprint density at radius 1 is 1.38 bits per heavy atom. The van der Waals surface area contributed by atoms with Crippen LogP contribution >= 0.6 is 0 Å². The Labute approximate surface area is 126 Å². The summed E-state index contributed by atoms with van der Waals surface area (Å²) >= 11 is 0. The number of carbonyl (C=O) groups is 1. The molecule has 2 N–H and O–H groups in total. The van der Waals surface area contributed by atoms with Crippen LogP contribution in [-0.2, 0) is 11.2 Å². The van der Waals surface area contributed by atoms with Crippen molar-refractivity contribution in [3.05, 3.63) is 28.8 Å². The summed E-state index contributed by atoms with van der Waals surface area (Å²) in [6.07, 6.45) is 2.71. The number of benzene rings is 1. The van der Waals surface area contributed by atoms with Gasteiger partial charge in [-0.05, 0) is 68.5 Å². The number of piperidine rings is 1. The second kappa shape index (κ2) is 6.06. The highest BCUT2D eigenvalue weighted by molar-refractivity contribution is 5.82. The van der Waals surface area contributed by atoms with Crippen molar-refractivity contribution < 1.29 is 9.53 Å². The van der Waals surface area contributed by atoms with Gasteiger partial charge in [0.1, 0.15) is 5.75 Å². The third-order valence-electron chi connectivity index (χ3n) is 4.61. The van der Waals surface area contributed by atoms with Gasteiger partial charge in [0.2, 0.25) is 0 Å². The topological polar surface area (TPSA) is 50.4 Å². The van der Waals surface area contributed by atoms with E-state index in [1.807, 2.05) is 6.07 Å². The Morgan fingerprint density at radius 2 is 2.19 bits per heavy atom. The minimum absolute atomic E-state index is 0.0204. The van der Waals surface area contributed by atoms with Crippen molar-refractivity contribution in [2.24, 2.45) is 5.92 Å². The van der Waals surface area contributed by atoms with Crippen molar-refractivity contribution in [1.29, 1.82) is 0 Å². The highest BCUT2D eigenvalue weighted by atomic mass is 16.5. The van der Waals surface area contributed by atoms with Gasteiger partial charge in [-0.1, -0.05) is 6.07 Å². The molecule has 3 rings (SSSR count). The smallest absolute Gasteiger partial charge is 0.261 e. The van der Waals surface area contributed by atoms with Gasteiger partial charge in [-0.2, -0.15) is 0 Å². The first kappa shape index (κ1) is 14.4. The largest absolute Gasteiger partial charge is 0.480 e. The third kappa shape index (κ3) is 3.21. The number of hydrogen-bond donors (Lipinski definition) is 2. The van der Waals surface area contributed by atoms with E-state index in [0.717, 1.165) is 30.9 Å². The van der Waals surface area contributed by atoms with Crippen LogP contribution < -0.4 is 15.4 Å². The molecule has 1 saturated heterocycles. The summed E-state index contributed by atoms with van der Waals surface area (Å²) in [4.78, 5) is 12.3. The summed E-state index contributed by atoms with van der Waals surface area (Å²) in [6.45, 7) is 7.02. The molecule has 114 valence electrons. The molecule has 0 radical (unpaired) electrons. The zero-order chi connectivity index (χ0) is 14.8. The van der Waals surface area contributed by atoms with E-state index in [0.29, 0.717) is 12.3 Å². The van der Waals surface area contributed by atoms with Crippen LogP contribution in [0.2, 0.25) is 0 Å². The Hall–Kier alpha value is -1.55. The molecule has 4 nitrogen and oxygen atoms in total. The molecule has 0 saturated carbocycles. The molecule has 2 unspecified atom stereocenters. The first-order valence-corrected chi connectivity index (χ1v) is 7.88. The molecule has 0 aromatic heterocycles. The average Bonchev–Trinajstić information content (AvgIpc) is 2.89. The van der Waals surface area contributed by atoms with E-state index >= 15 is 0 Å². The highest BCUT2D eigenvalue weighted by Gasteiger charge is 2.29. The quantitative estimate of drug-likeness (QED) is 0.890. The molecule has 4 heteroatoms. The van der Waals surface area contributed by atoms with Gasteiger partial charge in [0, 0.05) is 13.0 Å². The Morgan fingerprint density at radius 3 is 2.95 bits per heavy atom. The lowest BCUT2D eigenvalue weighted by Gasteiger charge is -2.23. The van der Waals surface area contributed by atoms with Crippen LogP contribution in [0.15, 0.2) is 12.1 Å². The Balaban J connectivity index is 1.55. The van der Waals surface area contributed by atoms with Gasteiger partial charge in [-0.15, -0.1) is 0 Å². The predicted molar refractivity (Wildman–Crippen MR) is 82.6 cm³/mol. The second-order valence-electron chi connectivity index (χ2n) is 6.31. The number of nitrogens with one attached hydrogen (secondary N) is 2. The molecule has 21 heavy (non-hydrogen) atoms. The maximum atomic E-state index is 12.3. The van der Waals surface area contributed by atoms with Crippen LogP contribution in [0.3, 0.4) is 0 Å². The number of hydrogen-bond acceptors (Lipinski definition) is 3. The first-order valence-electron chi connectivity index (χ1n) is 7.88. The maximum Gasteiger partial charge on any atom is 0.261 e. The lowest BCUT2D eigenvalue weighted by atomic mass is 9.99. The van der Waals surface area contributed by atoms with Crippen LogP contribution in [0.1, 0.15) is 29.5 Å². The van der Waals surface area contributed by atoms with E-state index in [1.54, 1.807) is 0 Å². The molecular weight excluding hydrogens is 264 g/mol. The van der Waals surface area contributed by atoms with Gasteiger partial charge in [0.05, 0.1) is 0 Å². The summed E-state index contributed by atoms with van der Waals surface area (Å²) in [5.41, 5.74) is 3.62. The van der Waals surface area contributed by atoms with Crippen LogP contribution in [0.4, 0.5) is 0 Å². The van der Waals surface area contributed by atoms with Gasteiger partial charge in [0.25, 0.3) is 5.91 Å². The second-order valence-corrected chi connectivity index (χ2v) is 6.31. The molecule has 0 spiro atoms. The van der Waals surface area contributed by atoms with Crippen LogP contribution in [0.25, 0.3) is 0 Å². The van der Waals surface area contributed by atoms with E-state index in [2.05, 4.69) is 30.5 Å². The molecule has 1 aromatic carbocycles. The Kier molecular flexibility index (Phi) is 4.15. The van der Waals surface area contributed by atoms with Gasteiger partial charge in [-0.3, -0.25) is 4.79 Å². The number of rotatable bonds is 3. The van der Waals surface area contributed by atoms with E-state index in [4.69, 9.17) is 4.74 Å². The third-order valence-corrected chi connectivity index (χ3v) is 4.61. The van der Waals surface area contributed by atoms with Crippen LogP contribution in [0.5, 0.6) is 5.75 Å².